The van der Waals surface area contributed by atoms with Gasteiger partial charge < -0.3 is 19.3 Å². The van der Waals surface area contributed by atoms with Crippen LogP contribution >= 0.6 is 0 Å². The molecule has 2 rings (SSSR count). The maximum atomic E-state index is 10.2. The first-order chi connectivity index (χ1) is 8.14. The molecular weight excluding hydrogens is 220 g/mol. The molecule has 0 atom stereocenters. The predicted molar refractivity (Wildman–Crippen MR) is 63.8 cm³/mol. The summed E-state index contributed by atoms with van der Waals surface area (Å²) >= 11 is 0. The molecule has 0 amide bonds. The second-order valence-electron chi connectivity index (χ2n) is 4.17. The molecule has 0 aliphatic heterocycles. The topological polar surface area (TPSA) is 47.9 Å². The van der Waals surface area contributed by atoms with E-state index in [-0.39, 0.29) is 0 Å². The Morgan fingerprint density at radius 3 is 2.24 bits per heavy atom. The van der Waals surface area contributed by atoms with Crippen molar-refractivity contribution in [1.82, 2.24) is 0 Å². The number of hydrogen-bond donors (Lipinski definition) is 1. The molecule has 0 saturated heterocycles. The predicted octanol–water partition coefficient (Wildman–Crippen LogP) is 2.08. The standard InChI is InChI=1S/C13H18O4/c1-4-17-12-7-9(13(14)5-6-13)10(15-2)8-11(12)16-3/h7-8,14H,4-6H2,1-3H3. The quantitative estimate of drug-likeness (QED) is 0.853. The van der Waals surface area contributed by atoms with E-state index in [4.69, 9.17) is 14.2 Å². The zero-order valence-electron chi connectivity index (χ0n) is 10.4. The van der Waals surface area contributed by atoms with Crippen LogP contribution < -0.4 is 14.2 Å². The average molecular weight is 238 g/mol. The molecule has 1 fully saturated rings. The van der Waals surface area contributed by atoms with Crippen LogP contribution in [0.25, 0.3) is 0 Å². The largest absolute Gasteiger partial charge is 0.496 e. The van der Waals surface area contributed by atoms with Crippen LogP contribution in [-0.2, 0) is 5.60 Å². The van der Waals surface area contributed by atoms with E-state index in [2.05, 4.69) is 0 Å². The van der Waals surface area contributed by atoms with Crippen LogP contribution in [0.5, 0.6) is 17.2 Å². The lowest BCUT2D eigenvalue weighted by Gasteiger charge is -2.17. The van der Waals surface area contributed by atoms with Gasteiger partial charge >= 0.3 is 0 Å². The molecule has 94 valence electrons. The van der Waals surface area contributed by atoms with Gasteiger partial charge in [0.2, 0.25) is 0 Å². The fourth-order valence-electron chi connectivity index (χ4n) is 1.89. The van der Waals surface area contributed by atoms with Gasteiger partial charge in [0.1, 0.15) is 5.75 Å². The van der Waals surface area contributed by atoms with Crippen LogP contribution in [-0.4, -0.2) is 25.9 Å². The van der Waals surface area contributed by atoms with Crippen molar-refractivity contribution in [3.05, 3.63) is 17.7 Å². The van der Waals surface area contributed by atoms with E-state index >= 15 is 0 Å². The highest BCUT2D eigenvalue weighted by Crippen LogP contribution is 2.51. The molecule has 1 aromatic rings. The number of hydrogen-bond acceptors (Lipinski definition) is 4. The van der Waals surface area contributed by atoms with E-state index in [0.717, 1.165) is 18.4 Å². The first kappa shape index (κ1) is 12.0. The molecule has 1 aliphatic carbocycles. The monoisotopic (exact) mass is 238 g/mol. The third-order valence-corrected chi connectivity index (χ3v) is 3.01. The summed E-state index contributed by atoms with van der Waals surface area (Å²) in [6.07, 6.45) is 1.53. The highest BCUT2D eigenvalue weighted by Gasteiger charge is 2.44. The van der Waals surface area contributed by atoms with E-state index in [1.54, 1.807) is 20.3 Å². The van der Waals surface area contributed by atoms with Crippen LogP contribution in [0.15, 0.2) is 12.1 Å². The van der Waals surface area contributed by atoms with E-state index in [9.17, 15) is 5.11 Å². The fourth-order valence-corrected chi connectivity index (χ4v) is 1.89. The molecule has 1 aromatic carbocycles. The molecule has 4 heteroatoms. The molecule has 0 heterocycles. The van der Waals surface area contributed by atoms with Crippen molar-refractivity contribution in [2.45, 2.75) is 25.4 Å². The summed E-state index contributed by atoms with van der Waals surface area (Å²) in [4.78, 5) is 0. The Balaban J connectivity index is 2.46. The first-order valence-electron chi connectivity index (χ1n) is 5.76. The molecule has 0 aromatic heterocycles. The van der Waals surface area contributed by atoms with Gasteiger partial charge in [-0.2, -0.15) is 0 Å². The zero-order chi connectivity index (χ0) is 12.5. The van der Waals surface area contributed by atoms with Gasteiger partial charge in [-0.05, 0) is 25.8 Å². The average Bonchev–Trinajstić information content (AvgIpc) is 3.08. The lowest BCUT2D eigenvalue weighted by Crippen LogP contribution is -2.08. The molecular formula is C13H18O4. The van der Waals surface area contributed by atoms with E-state index in [1.165, 1.54) is 0 Å². The van der Waals surface area contributed by atoms with Crippen molar-refractivity contribution in [2.75, 3.05) is 20.8 Å². The van der Waals surface area contributed by atoms with Crippen LogP contribution in [0.4, 0.5) is 0 Å². The Labute approximate surface area is 101 Å². The van der Waals surface area contributed by atoms with Crippen molar-refractivity contribution < 1.29 is 19.3 Å². The van der Waals surface area contributed by atoms with Gasteiger partial charge in [0.25, 0.3) is 0 Å². The van der Waals surface area contributed by atoms with Crippen LogP contribution in [0.3, 0.4) is 0 Å². The molecule has 0 unspecified atom stereocenters. The lowest BCUT2D eigenvalue weighted by atomic mass is 10.1. The molecule has 17 heavy (non-hydrogen) atoms. The highest BCUT2D eigenvalue weighted by atomic mass is 16.5. The maximum Gasteiger partial charge on any atom is 0.164 e. The third-order valence-electron chi connectivity index (χ3n) is 3.01. The van der Waals surface area contributed by atoms with Crippen molar-refractivity contribution in [3.63, 3.8) is 0 Å². The highest BCUT2D eigenvalue weighted by molar-refractivity contribution is 5.53. The van der Waals surface area contributed by atoms with Gasteiger partial charge in [0.15, 0.2) is 11.5 Å². The van der Waals surface area contributed by atoms with Gasteiger partial charge in [0, 0.05) is 11.6 Å². The van der Waals surface area contributed by atoms with Crippen molar-refractivity contribution in [2.24, 2.45) is 0 Å². The normalized spacial score (nSPS) is 16.5. The van der Waals surface area contributed by atoms with Crippen molar-refractivity contribution in [3.8, 4) is 17.2 Å². The van der Waals surface area contributed by atoms with E-state index in [1.807, 2.05) is 13.0 Å². The summed E-state index contributed by atoms with van der Waals surface area (Å²) in [5.74, 6) is 1.91. The first-order valence-corrected chi connectivity index (χ1v) is 5.76. The summed E-state index contributed by atoms with van der Waals surface area (Å²) in [6.45, 7) is 2.47. The summed E-state index contributed by atoms with van der Waals surface area (Å²) < 4.78 is 16.0. The SMILES string of the molecule is CCOc1cc(C2(O)CC2)c(OC)cc1OC. The Hall–Kier alpha value is -1.42. The number of rotatable bonds is 5. The third kappa shape index (κ3) is 2.17. The summed E-state index contributed by atoms with van der Waals surface area (Å²) in [5, 5.41) is 10.2. The number of benzene rings is 1. The number of methoxy groups -OCH3 is 2. The summed E-state index contributed by atoms with van der Waals surface area (Å²) in [7, 11) is 3.17. The second kappa shape index (κ2) is 4.45. The minimum absolute atomic E-state index is 0.556. The Morgan fingerprint density at radius 1 is 1.12 bits per heavy atom. The molecule has 0 bridgehead atoms. The van der Waals surface area contributed by atoms with Gasteiger partial charge in [-0.3, -0.25) is 0 Å². The summed E-state index contributed by atoms with van der Waals surface area (Å²) in [6, 6.07) is 3.57. The number of ether oxygens (including phenoxy) is 3. The van der Waals surface area contributed by atoms with Crippen molar-refractivity contribution >= 4 is 0 Å². The van der Waals surface area contributed by atoms with Crippen molar-refractivity contribution in [1.29, 1.82) is 0 Å². The van der Waals surface area contributed by atoms with Crippen LogP contribution in [0.2, 0.25) is 0 Å². The maximum absolute atomic E-state index is 10.2. The van der Waals surface area contributed by atoms with Gasteiger partial charge in [-0.1, -0.05) is 0 Å². The summed E-state index contributed by atoms with van der Waals surface area (Å²) in [5.41, 5.74) is 0.0352. The van der Waals surface area contributed by atoms with Gasteiger partial charge in [-0.15, -0.1) is 0 Å². The van der Waals surface area contributed by atoms with Gasteiger partial charge in [-0.25, -0.2) is 0 Å². The minimum atomic E-state index is -0.747. The Morgan fingerprint density at radius 2 is 1.76 bits per heavy atom. The molecule has 1 aliphatic rings. The second-order valence-corrected chi connectivity index (χ2v) is 4.17. The Kier molecular flexibility index (Phi) is 3.15. The zero-order valence-corrected chi connectivity index (χ0v) is 10.4. The van der Waals surface area contributed by atoms with E-state index < -0.39 is 5.60 Å². The minimum Gasteiger partial charge on any atom is -0.496 e. The molecule has 1 saturated carbocycles. The fraction of sp³-hybridized carbons (Fsp3) is 0.538. The molecule has 0 radical (unpaired) electrons. The van der Waals surface area contributed by atoms with Crippen LogP contribution in [0, 0.1) is 0 Å². The smallest absolute Gasteiger partial charge is 0.164 e. The molecule has 0 spiro atoms. The lowest BCUT2D eigenvalue weighted by molar-refractivity contribution is 0.146. The van der Waals surface area contributed by atoms with E-state index in [0.29, 0.717) is 23.9 Å². The van der Waals surface area contributed by atoms with Crippen LogP contribution in [0.1, 0.15) is 25.3 Å². The molecule has 4 nitrogen and oxygen atoms in total. The van der Waals surface area contributed by atoms with Gasteiger partial charge in [0.05, 0.1) is 26.4 Å². The Bertz CT molecular complexity index is 410. The number of aliphatic hydroxyl groups is 1. The molecule has 1 N–H and O–H groups in total.